The number of unbranched alkanes of at least 4 members (excludes halogenated alkanes) is 2. The fourth-order valence-electron chi connectivity index (χ4n) is 2.20. The lowest BCUT2D eigenvalue weighted by Crippen LogP contribution is -2.07. The van der Waals surface area contributed by atoms with E-state index in [2.05, 4.69) is 6.92 Å². The summed E-state index contributed by atoms with van der Waals surface area (Å²) in [6.45, 7) is 2.77. The first-order chi connectivity index (χ1) is 9.67. The monoisotopic (exact) mass is 295 g/mol. The molecule has 0 heterocycles. The van der Waals surface area contributed by atoms with Crippen molar-refractivity contribution in [3.8, 4) is 11.5 Å². The lowest BCUT2D eigenvalue weighted by molar-refractivity contribution is 0.398. The van der Waals surface area contributed by atoms with Gasteiger partial charge in [-0.3, -0.25) is 0 Å². The predicted octanol–water partition coefficient (Wildman–Crippen LogP) is 3.50. The van der Waals surface area contributed by atoms with E-state index >= 15 is 0 Å². The molecular formula is C16H25NO2S. The highest BCUT2D eigenvalue weighted by atomic mass is 32.1. The lowest BCUT2D eigenvalue weighted by Gasteiger charge is -2.15. The van der Waals surface area contributed by atoms with Gasteiger partial charge in [-0.2, -0.15) is 0 Å². The van der Waals surface area contributed by atoms with Crippen molar-refractivity contribution in [2.24, 2.45) is 5.73 Å². The van der Waals surface area contributed by atoms with E-state index in [1.54, 1.807) is 14.2 Å². The maximum atomic E-state index is 5.63. The Bertz CT molecular complexity index is 446. The van der Waals surface area contributed by atoms with Crippen LogP contribution in [0, 0.1) is 0 Å². The number of thiocarbonyl (C=S) groups is 1. The van der Waals surface area contributed by atoms with Crippen molar-refractivity contribution in [3.05, 3.63) is 23.3 Å². The quantitative estimate of drug-likeness (QED) is 0.430. The SMILES string of the molecule is CCCCCC(=S)c1cc(OC)c(CCN)cc1OC. The molecule has 1 rings (SSSR count). The van der Waals surface area contributed by atoms with Crippen LogP contribution in [0.1, 0.15) is 43.7 Å². The first kappa shape index (κ1) is 16.9. The van der Waals surface area contributed by atoms with Gasteiger partial charge < -0.3 is 15.2 Å². The van der Waals surface area contributed by atoms with Crippen LogP contribution in [0.3, 0.4) is 0 Å². The summed E-state index contributed by atoms with van der Waals surface area (Å²) in [7, 11) is 3.35. The van der Waals surface area contributed by atoms with Crippen LogP contribution < -0.4 is 15.2 Å². The largest absolute Gasteiger partial charge is 0.496 e. The van der Waals surface area contributed by atoms with Crippen LogP contribution in [0.2, 0.25) is 0 Å². The number of ether oxygens (including phenoxy) is 2. The Kier molecular flexibility index (Phi) is 7.55. The van der Waals surface area contributed by atoms with Gasteiger partial charge in [-0.25, -0.2) is 0 Å². The summed E-state index contributed by atoms with van der Waals surface area (Å²) >= 11 is 5.54. The summed E-state index contributed by atoms with van der Waals surface area (Å²) in [6, 6.07) is 3.98. The average molecular weight is 295 g/mol. The zero-order valence-corrected chi connectivity index (χ0v) is 13.5. The molecule has 0 amide bonds. The van der Waals surface area contributed by atoms with Crippen molar-refractivity contribution in [2.75, 3.05) is 20.8 Å². The fourth-order valence-corrected chi connectivity index (χ4v) is 2.50. The molecule has 0 atom stereocenters. The van der Waals surface area contributed by atoms with Crippen LogP contribution in [-0.4, -0.2) is 25.6 Å². The van der Waals surface area contributed by atoms with Gasteiger partial charge in [0.2, 0.25) is 0 Å². The van der Waals surface area contributed by atoms with Crippen LogP contribution in [0.15, 0.2) is 12.1 Å². The maximum absolute atomic E-state index is 5.63. The molecule has 4 heteroatoms. The standard InChI is InChI=1S/C16H25NO2S/c1-4-5-6-7-16(20)13-11-14(18-2)12(8-9-17)10-15(13)19-3/h10-11H,4-9,17H2,1-3H3. The molecule has 0 fully saturated rings. The third-order valence-corrected chi connectivity index (χ3v) is 3.75. The number of rotatable bonds is 9. The van der Waals surface area contributed by atoms with Gasteiger partial charge in [0.1, 0.15) is 11.5 Å². The van der Waals surface area contributed by atoms with Gasteiger partial charge >= 0.3 is 0 Å². The first-order valence-corrected chi connectivity index (χ1v) is 7.56. The molecule has 0 aliphatic rings. The topological polar surface area (TPSA) is 44.5 Å². The van der Waals surface area contributed by atoms with Crippen molar-refractivity contribution in [1.82, 2.24) is 0 Å². The van der Waals surface area contributed by atoms with Crippen molar-refractivity contribution in [1.29, 1.82) is 0 Å². The molecule has 0 spiro atoms. The predicted molar refractivity (Wildman–Crippen MR) is 88.1 cm³/mol. The minimum atomic E-state index is 0.583. The molecule has 0 aromatic heterocycles. The van der Waals surface area contributed by atoms with Crippen LogP contribution in [-0.2, 0) is 6.42 Å². The van der Waals surface area contributed by atoms with E-state index in [-0.39, 0.29) is 0 Å². The van der Waals surface area contributed by atoms with Crippen LogP contribution in [0.25, 0.3) is 0 Å². The average Bonchev–Trinajstić information content (AvgIpc) is 2.47. The Morgan fingerprint density at radius 3 is 2.40 bits per heavy atom. The van der Waals surface area contributed by atoms with E-state index in [4.69, 9.17) is 27.4 Å². The second kappa shape index (κ2) is 8.93. The van der Waals surface area contributed by atoms with Crippen LogP contribution >= 0.6 is 12.2 Å². The third-order valence-electron chi connectivity index (χ3n) is 3.32. The normalized spacial score (nSPS) is 10.4. The summed E-state index contributed by atoms with van der Waals surface area (Å²) in [5, 5.41) is 0. The second-order valence-corrected chi connectivity index (χ2v) is 5.28. The third kappa shape index (κ3) is 4.46. The van der Waals surface area contributed by atoms with Gasteiger partial charge in [0, 0.05) is 10.4 Å². The Morgan fingerprint density at radius 2 is 1.85 bits per heavy atom. The molecule has 0 unspecified atom stereocenters. The van der Waals surface area contributed by atoms with Gasteiger partial charge in [-0.05, 0) is 43.5 Å². The summed E-state index contributed by atoms with van der Waals surface area (Å²) < 4.78 is 10.9. The number of benzene rings is 1. The fraction of sp³-hybridized carbons (Fsp3) is 0.562. The number of hydrogen-bond donors (Lipinski definition) is 1. The van der Waals surface area contributed by atoms with Crippen molar-refractivity contribution >= 4 is 17.1 Å². The molecule has 0 aliphatic carbocycles. The summed E-state index contributed by atoms with van der Waals surface area (Å²) in [4.78, 5) is 0.938. The van der Waals surface area contributed by atoms with Crippen molar-refractivity contribution < 1.29 is 9.47 Å². The molecule has 1 aromatic rings. The van der Waals surface area contributed by atoms with E-state index < -0.39 is 0 Å². The van der Waals surface area contributed by atoms with E-state index in [9.17, 15) is 0 Å². The van der Waals surface area contributed by atoms with Crippen molar-refractivity contribution in [2.45, 2.75) is 39.0 Å². The summed E-state index contributed by atoms with van der Waals surface area (Å²) in [6.07, 6.45) is 5.19. The smallest absolute Gasteiger partial charge is 0.127 e. The molecule has 0 radical (unpaired) electrons. The van der Waals surface area contributed by atoms with E-state index in [0.29, 0.717) is 6.54 Å². The van der Waals surface area contributed by atoms with Gasteiger partial charge in [0.15, 0.2) is 0 Å². The number of nitrogens with two attached hydrogens (primary N) is 1. The highest BCUT2D eigenvalue weighted by Gasteiger charge is 2.14. The zero-order chi connectivity index (χ0) is 15.0. The molecule has 2 N–H and O–H groups in total. The molecule has 0 bridgehead atoms. The molecular weight excluding hydrogens is 270 g/mol. The van der Waals surface area contributed by atoms with Gasteiger partial charge in [-0.15, -0.1) is 0 Å². The molecule has 0 aliphatic heterocycles. The molecule has 3 nitrogen and oxygen atoms in total. The van der Waals surface area contributed by atoms with Gasteiger partial charge in [0.05, 0.1) is 14.2 Å². The minimum absolute atomic E-state index is 0.583. The molecule has 0 saturated carbocycles. The Labute approximate surface area is 127 Å². The highest BCUT2D eigenvalue weighted by Crippen LogP contribution is 2.30. The van der Waals surface area contributed by atoms with Crippen molar-refractivity contribution in [3.63, 3.8) is 0 Å². The molecule has 0 saturated heterocycles. The van der Waals surface area contributed by atoms with E-state index in [1.807, 2.05) is 12.1 Å². The summed E-state index contributed by atoms with van der Waals surface area (Å²) in [5.74, 6) is 1.65. The minimum Gasteiger partial charge on any atom is -0.496 e. The molecule has 1 aromatic carbocycles. The molecule has 20 heavy (non-hydrogen) atoms. The molecule has 112 valence electrons. The number of methoxy groups -OCH3 is 2. The maximum Gasteiger partial charge on any atom is 0.127 e. The number of hydrogen-bond acceptors (Lipinski definition) is 4. The Morgan fingerprint density at radius 1 is 1.15 bits per heavy atom. The summed E-state index contributed by atoms with van der Waals surface area (Å²) in [5.41, 5.74) is 7.66. The second-order valence-electron chi connectivity index (χ2n) is 4.78. The first-order valence-electron chi connectivity index (χ1n) is 7.16. The Hall–Kier alpha value is -1.13. The van der Waals surface area contributed by atoms with Gasteiger partial charge in [0.25, 0.3) is 0 Å². The van der Waals surface area contributed by atoms with Crippen LogP contribution in [0.4, 0.5) is 0 Å². The van der Waals surface area contributed by atoms with E-state index in [1.165, 1.54) is 12.8 Å². The highest BCUT2D eigenvalue weighted by molar-refractivity contribution is 7.80. The lowest BCUT2D eigenvalue weighted by atomic mass is 10.0. The Balaban J connectivity index is 3.02. The van der Waals surface area contributed by atoms with E-state index in [0.717, 1.165) is 46.8 Å². The zero-order valence-electron chi connectivity index (χ0n) is 12.7. The van der Waals surface area contributed by atoms with Crippen LogP contribution in [0.5, 0.6) is 11.5 Å². The van der Waals surface area contributed by atoms with Gasteiger partial charge in [-0.1, -0.05) is 32.0 Å².